The van der Waals surface area contributed by atoms with Crippen LogP contribution in [0.5, 0.6) is 0 Å². The van der Waals surface area contributed by atoms with Crippen LogP contribution in [-0.2, 0) is 6.54 Å². The van der Waals surface area contributed by atoms with Crippen molar-refractivity contribution in [2.75, 3.05) is 0 Å². The van der Waals surface area contributed by atoms with E-state index in [0.29, 0.717) is 12.5 Å². The lowest BCUT2D eigenvalue weighted by Gasteiger charge is -2.03. The molecule has 0 saturated heterocycles. The lowest BCUT2D eigenvalue weighted by molar-refractivity contribution is 0.371. The molecule has 3 aromatic heterocycles. The van der Waals surface area contributed by atoms with Crippen molar-refractivity contribution in [3.8, 4) is 11.3 Å². The normalized spacial score (nSPS) is 12.5. The molecule has 0 spiro atoms. The van der Waals surface area contributed by atoms with Gasteiger partial charge in [-0.2, -0.15) is 0 Å². The minimum absolute atomic E-state index is 0.430. The Morgan fingerprint density at radius 3 is 3.05 bits per heavy atom. The molecule has 1 atom stereocenters. The highest BCUT2D eigenvalue weighted by molar-refractivity contribution is 5.57. The molecule has 22 heavy (non-hydrogen) atoms. The summed E-state index contributed by atoms with van der Waals surface area (Å²) in [4.78, 5) is 4.09. The van der Waals surface area contributed by atoms with E-state index < -0.39 is 0 Å². The van der Waals surface area contributed by atoms with Crippen LogP contribution in [0.25, 0.3) is 11.3 Å². The minimum atomic E-state index is 0.430. The average molecular weight is 297 g/mol. The Morgan fingerprint density at radius 2 is 2.27 bits per heavy atom. The van der Waals surface area contributed by atoms with Crippen LogP contribution in [0.3, 0.4) is 0 Å². The van der Waals surface area contributed by atoms with E-state index in [4.69, 9.17) is 4.52 Å². The summed E-state index contributed by atoms with van der Waals surface area (Å²) in [5, 5.41) is 12.5. The van der Waals surface area contributed by atoms with Gasteiger partial charge in [-0.05, 0) is 18.6 Å². The molecule has 3 aromatic rings. The topological polar surface area (TPSA) is 69.6 Å². The van der Waals surface area contributed by atoms with E-state index in [1.165, 1.54) is 0 Å². The maximum atomic E-state index is 5.37. The van der Waals surface area contributed by atoms with E-state index in [-0.39, 0.29) is 0 Å². The zero-order chi connectivity index (χ0) is 15.4. The van der Waals surface area contributed by atoms with Gasteiger partial charge in [-0.15, -0.1) is 5.10 Å². The third-order valence-electron chi connectivity index (χ3n) is 3.62. The molecule has 0 N–H and O–H groups in total. The quantitative estimate of drug-likeness (QED) is 0.698. The lowest BCUT2D eigenvalue weighted by atomic mass is 10.0. The van der Waals surface area contributed by atoms with Crippen LogP contribution in [0.2, 0.25) is 0 Å². The van der Waals surface area contributed by atoms with Crippen LogP contribution < -0.4 is 0 Å². The molecule has 3 rings (SSSR count). The van der Waals surface area contributed by atoms with Crippen molar-refractivity contribution in [1.82, 2.24) is 25.1 Å². The Kier molecular flexibility index (Phi) is 4.27. The number of hydrogen-bond acceptors (Lipinski definition) is 5. The van der Waals surface area contributed by atoms with Crippen molar-refractivity contribution in [2.45, 2.75) is 39.2 Å². The van der Waals surface area contributed by atoms with Gasteiger partial charge in [-0.3, -0.25) is 4.98 Å². The predicted octanol–water partition coefficient (Wildman–Crippen LogP) is 3.28. The monoisotopic (exact) mass is 297 g/mol. The fraction of sp³-hybridized carbons (Fsp3) is 0.375. The third kappa shape index (κ3) is 3.21. The maximum Gasteiger partial charge on any atom is 0.158 e. The molecule has 6 nitrogen and oxygen atoms in total. The first-order valence-corrected chi connectivity index (χ1v) is 7.52. The van der Waals surface area contributed by atoms with Gasteiger partial charge in [0.25, 0.3) is 0 Å². The molecule has 0 amide bonds. The van der Waals surface area contributed by atoms with Crippen molar-refractivity contribution < 1.29 is 4.52 Å². The Hall–Kier alpha value is -2.50. The molecule has 0 saturated carbocycles. The van der Waals surface area contributed by atoms with Gasteiger partial charge < -0.3 is 4.52 Å². The van der Waals surface area contributed by atoms with E-state index >= 15 is 0 Å². The summed E-state index contributed by atoms with van der Waals surface area (Å²) in [6.07, 6.45) is 7.74. The van der Waals surface area contributed by atoms with E-state index in [2.05, 4.69) is 34.3 Å². The fourth-order valence-corrected chi connectivity index (χ4v) is 2.39. The average Bonchev–Trinajstić information content (AvgIpc) is 3.18. The zero-order valence-corrected chi connectivity index (χ0v) is 12.8. The molecule has 0 aliphatic heterocycles. The molecular weight excluding hydrogens is 278 g/mol. The molecular formula is C16H19N5O. The van der Waals surface area contributed by atoms with Gasteiger partial charge in [0.1, 0.15) is 12.2 Å². The molecule has 0 aliphatic rings. The SMILES string of the molecule is CCC[C@H](C)c1cn(Cc2cc(-c3cccnc3)no2)nn1. The zero-order valence-electron chi connectivity index (χ0n) is 12.8. The predicted molar refractivity (Wildman–Crippen MR) is 82.2 cm³/mol. The van der Waals surface area contributed by atoms with Gasteiger partial charge >= 0.3 is 0 Å². The molecule has 0 radical (unpaired) electrons. The second-order valence-corrected chi connectivity index (χ2v) is 5.45. The highest BCUT2D eigenvalue weighted by Gasteiger charge is 2.11. The van der Waals surface area contributed by atoms with Crippen LogP contribution in [0.4, 0.5) is 0 Å². The van der Waals surface area contributed by atoms with Gasteiger partial charge in [0, 0.05) is 36.1 Å². The van der Waals surface area contributed by atoms with Crippen molar-refractivity contribution >= 4 is 0 Å². The summed E-state index contributed by atoms with van der Waals surface area (Å²) in [6, 6.07) is 5.74. The van der Waals surface area contributed by atoms with Crippen LogP contribution in [-0.4, -0.2) is 25.1 Å². The molecule has 0 unspecified atom stereocenters. The highest BCUT2D eigenvalue weighted by atomic mass is 16.5. The van der Waals surface area contributed by atoms with Gasteiger partial charge in [-0.1, -0.05) is 30.6 Å². The smallest absolute Gasteiger partial charge is 0.158 e. The van der Waals surface area contributed by atoms with Crippen molar-refractivity contribution in [2.24, 2.45) is 0 Å². The number of rotatable bonds is 6. The molecule has 0 fully saturated rings. The first-order valence-electron chi connectivity index (χ1n) is 7.52. The standard InChI is InChI=1S/C16H19N5O/c1-3-5-12(2)16-11-21(20-18-16)10-14-8-15(19-22-14)13-6-4-7-17-9-13/h4,6-9,11-12H,3,5,10H2,1-2H3/t12-/m0/s1. The van der Waals surface area contributed by atoms with Crippen molar-refractivity contribution in [1.29, 1.82) is 0 Å². The lowest BCUT2D eigenvalue weighted by Crippen LogP contribution is -1.99. The van der Waals surface area contributed by atoms with E-state index in [1.807, 2.05) is 24.4 Å². The summed E-state index contributed by atoms with van der Waals surface area (Å²) in [5.41, 5.74) is 2.74. The summed E-state index contributed by atoms with van der Waals surface area (Å²) >= 11 is 0. The number of pyridine rings is 1. The summed E-state index contributed by atoms with van der Waals surface area (Å²) in [7, 11) is 0. The van der Waals surface area contributed by atoms with Crippen LogP contribution in [0.15, 0.2) is 41.3 Å². The molecule has 0 aromatic carbocycles. The van der Waals surface area contributed by atoms with Crippen LogP contribution in [0.1, 0.15) is 44.1 Å². The Morgan fingerprint density at radius 1 is 1.36 bits per heavy atom. The molecule has 114 valence electrons. The minimum Gasteiger partial charge on any atom is -0.359 e. The number of hydrogen-bond donors (Lipinski definition) is 0. The fourth-order valence-electron chi connectivity index (χ4n) is 2.39. The first-order chi connectivity index (χ1) is 10.8. The van der Waals surface area contributed by atoms with Crippen molar-refractivity contribution in [3.05, 3.63) is 48.2 Å². The number of nitrogens with zero attached hydrogens (tertiary/aromatic N) is 5. The third-order valence-corrected chi connectivity index (χ3v) is 3.62. The van der Waals surface area contributed by atoms with Gasteiger partial charge in [0.05, 0.1) is 5.69 Å². The Bertz CT molecular complexity index is 719. The second-order valence-electron chi connectivity index (χ2n) is 5.45. The van der Waals surface area contributed by atoms with Crippen LogP contribution in [0, 0.1) is 0 Å². The van der Waals surface area contributed by atoms with E-state index in [1.54, 1.807) is 17.1 Å². The molecule has 0 bridgehead atoms. The summed E-state index contributed by atoms with van der Waals surface area (Å²) in [5.74, 6) is 1.18. The highest BCUT2D eigenvalue weighted by Crippen LogP contribution is 2.20. The summed E-state index contributed by atoms with van der Waals surface area (Å²) in [6.45, 7) is 4.88. The molecule has 3 heterocycles. The van der Waals surface area contributed by atoms with Crippen LogP contribution >= 0.6 is 0 Å². The maximum absolute atomic E-state index is 5.37. The summed E-state index contributed by atoms with van der Waals surface area (Å²) < 4.78 is 7.16. The number of aromatic nitrogens is 5. The molecule has 6 heteroatoms. The largest absolute Gasteiger partial charge is 0.359 e. The second kappa shape index (κ2) is 6.51. The molecule has 0 aliphatic carbocycles. The van der Waals surface area contributed by atoms with Gasteiger partial charge in [0.2, 0.25) is 0 Å². The Labute approximate surface area is 129 Å². The van der Waals surface area contributed by atoms with Gasteiger partial charge in [0.15, 0.2) is 5.76 Å². The first kappa shape index (κ1) is 14.4. The Balaban J connectivity index is 1.70. The van der Waals surface area contributed by atoms with E-state index in [0.717, 1.165) is 35.6 Å². The van der Waals surface area contributed by atoms with Gasteiger partial charge in [-0.25, -0.2) is 4.68 Å². The van der Waals surface area contributed by atoms with E-state index in [9.17, 15) is 0 Å². The van der Waals surface area contributed by atoms with Crippen molar-refractivity contribution in [3.63, 3.8) is 0 Å².